The van der Waals surface area contributed by atoms with Crippen LogP contribution in [0.2, 0.25) is 0 Å². The molecule has 0 fully saturated rings. The molecule has 1 N–H and O–H groups in total. The number of sulfonamides is 1. The van der Waals surface area contributed by atoms with Crippen LogP contribution in [0.3, 0.4) is 0 Å². The largest absolute Gasteiger partial charge is 0.282 e. The van der Waals surface area contributed by atoms with Crippen LogP contribution in [0, 0.1) is 11.3 Å². The molecular weight excluding hydrogens is 236 g/mol. The number of nitrogens with zero attached hydrogens (tertiary/aromatic N) is 1. The highest BCUT2D eigenvalue weighted by Crippen LogP contribution is 2.18. The maximum Gasteiger partial charge on any atom is 0.248 e. The van der Waals surface area contributed by atoms with Crippen LogP contribution in [0.25, 0.3) is 0 Å². The minimum atomic E-state index is -3.61. The molecule has 4 nitrogen and oxygen atoms in total. The highest BCUT2D eigenvalue weighted by molar-refractivity contribution is 7.93. The van der Waals surface area contributed by atoms with Gasteiger partial charge in [0.05, 0.1) is 6.07 Å². The van der Waals surface area contributed by atoms with Crippen LogP contribution in [0.1, 0.15) is 32.3 Å². The third-order valence-corrected chi connectivity index (χ3v) is 4.04. The molecule has 0 aliphatic rings. The van der Waals surface area contributed by atoms with Crippen molar-refractivity contribution in [3.63, 3.8) is 0 Å². The number of hydrogen-bond acceptors (Lipinski definition) is 3. The molecular formula is C12H16N2O2S. The molecule has 0 aromatic heterocycles. The van der Waals surface area contributed by atoms with E-state index in [1.807, 2.05) is 12.1 Å². The molecule has 1 unspecified atom stereocenters. The molecule has 92 valence electrons. The van der Waals surface area contributed by atoms with Crippen LogP contribution in [-0.4, -0.2) is 13.7 Å². The average molecular weight is 252 g/mol. The molecule has 5 heteroatoms. The van der Waals surface area contributed by atoms with Gasteiger partial charge in [-0.1, -0.05) is 26.0 Å². The van der Waals surface area contributed by atoms with Gasteiger partial charge < -0.3 is 0 Å². The monoisotopic (exact) mass is 252 g/mol. The average Bonchev–Trinajstić information content (AvgIpc) is 2.28. The molecule has 0 radical (unpaired) electrons. The molecule has 1 aromatic carbocycles. The quantitative estimate of drug-likeness (QED) is 0.894. The van der Waals surface area contributed by atoms with Gasteiger partial charge in [-0.25, -0.2) is 8.42 Å². The summed E-state index contributed by atoms with van der Waals surface area (Å²) < 4.78 is 25.6. The zero-order valence-corrected chi connectivity index (χ0v) is 11.0. The molecule has 1 aromatic rings. The third-order valence-electron chi connectivity index (χ3n) is 2.48. The second kappa shape index (κ2) is 5.19. The smallest absolute Gasteiger partial charge is 0.248 e. The maximum atomic E-state index is 11.6. The molecule has 0 aliphatic heterocycles. The van der Waals surface area contributed by atoms with E-state index >= 15 is 0 Å². The van der Waals surface area contributed by atoms with Gasteiger partial charge in [0.1, 0.15) is 0 Å². The SMILES string of the molecule is CC(C)c1ccc(NS(=O)(=O)C(C)C#N)cc1. The van der Waals surface area contributed by atoms with Gasteiger partial charge in [-0.3, -0.25) is 4.72 Å². The second-order valence-corrected chi connectivity index (χ2v) is 6.20. The van der Waals surface area contributed by atoms with Gasteiger partial charge in [-0.15, -0.1) is 0 Å². The molecule has 0 bridgehead atoms. The summed E-state index contributed by atoms with van der Waals surface area (Å²) in [5, 5.41) is 7.53. The Bertz CT molecular complexity index is 512. The molecule has 0 saturated heterocycles. The van der Waals surface area contributed by atoms with E-state index in [4.69, 9.17) is 5.26 Å². The predicted molar refractivity (Wildman–Crippen MR) is 68.1 cm³/mol. The third kappa shape index (κ3) is 3.46. The molecule has 17 heavy (non-hydrogen) atoms. The van der Waals surface area contributed by atoms with Gasteiger partial charge in [0.25, 0.3) is 0 Å². The fourth-order valence-corrected chi connectivity index (χ4v) is 2.04. The lowest BCUT2D eigenvalue weighted by atomic mass is 10.0. The van der Waals surface area contributed by atoms with Crippen molar-refractivity contribution >= 4 is 15.7 Å². The van der Waals surface area contributed by atoms with E-state index < -0.39 is 15.3 Å². The Morgan fingerprint density at radius 1 is 1.18 bits per heavy atom. The van der Waals surface area contributed by atoms with Crippen molar-refractivity contribution in [1.82, 2.24) is 0 Å². The summed E-state index contributed by atoms with van der Waals surface area (Å²) in [5.74, 6) is 0.402. The predicted octanol–water partition coefficient (Wildman–Crippen LogP) is 2.46. The number of nitriles is 1. The summed E-state index contributed by atoms with van der Waals surface area (Å²) in [6.45, 7) is 5.48. The molecule has 1 rings (SSSR count). The zero-order valence-electron chi connectivity index (χ0n) is 10.1. The zero-order chi connectivity index (χ0) is 13.1. The number of anilines is 1. The van der Waals surface area contributed by atoms with Crippen LogP contribution in [0.15, 0.2) is 24.3 Å². The first-order chi connectivity index (χ1) is 7.86. The first-order valence-corrected chi connectivity index (χ1v) is 6.92. The Balaban J connectivity index is 2.87. The van der Waals surface area contributed by atoms with Crippen molar-refractivity contribution in [1.29, 1.82) is 5.26 Å². The lowest BCUT2D eigenvalue weighted by molar-refractivity contribution is 0.597. The van der Waals surface area contributed by atoms with Crippen molar-refractivity contribution in [2.45, 2.75) is 31.9 Å². The Morgan fingerprint density at radius 2 is 1.71 bits per heavy atom. The lowest BCUT2D eigenvalue weighted by Gasteiger charge is -2.10. The van der Waals surface area contributed by atoms with Crippen LogP contribution in [0.4, 0.5) is 5.69 Å². The van der Waals surface area contributed by atoms with E-state index in [2.05, 4.69) is 18.6 Å². The Labute approximate surface area is 102 Å². The van der Waals surface area contributed by atoms with Crippen molar-refractivity contribution in [3.05, 3.63) is 29.8 Å². The minimum Gasteiger partial charge on any atom is -0.282 e. The van der Waals surface area contributed by atoms with Crippen LogP contribution in [-0.2, 0) is 10.0 Å². The molecule has 0 heterocycles. The summed E-state index contributed by atoms with van der Waals surface area (Å²) in [6.07, 6.45) is 0. The Morgan fingerprint density at radius 3 is 2.12 bits per heavy atom. The number of hydrogen-bond donors (Lipinski definition) is 1. The van der Waals surface area contributed by atoms with Crippen LogP contribution < -0.4 is 4.72 Å². The van der Waals surface area contributed by atoms with Crippen molar-refractivity contribution in [2.75, 3.05) is 4.72 Å². The highest BCUT2D eigenvalue weighted by Gasteiger charge is 2.19. The molecule has 0 saturated carbocycles. The Hall–Kier alpha value is -1.54. The van der Waals surface area contributed by atoms with Gasteiger partial charge in [0, 0.05) is 5.69 Å². The minimum absolute atomic E-state index is 0.402. The van der Waals surface area contributed by atoms with E-state index in [9.17, 15) is 8.42 Å². The van der Waals surface area contributed by atoms with Crippen LogP contribution in [0.5, 0.6) is 0 Å². The van der Waals surface area contributed by atoms with Gasteiger partial charge >= 0.3 is 0 Å². The topological polar surface area (TPSA) is 70.0 Å². The molecule has 0 aliphatic carbocycles. The van der Waals surface area contributed by atoms with E-state index in [1.54, 1.807) is 18.2 Å². The summed E-state index contributed by atoms with van der Waals surface area (Å²) >= 11 is 0. The summed E-state index contributed by atoms with van der Waals surface area (Å²) in [6, 6.07) is 8.86. The van der Waals surface area contributed by atoms with E-state index in [1.165, 1.54) is 6.92 Å². The van der Waals surface area contributed by atoms with E-state index in [0.29, 0.717) is 11.6 Å². The lowest BCUT2D eigenvalue weighted by Crippen LogP contribution is -2.23. The van der Waals surface area contributed by atoms with E-state index in [-0.39, 0.29) is 0 Å². The normalized spacial score (nSPS) is 13.1. The van der Waals surface area contributed by atoms with Crippen molar-refractivity contribution < 1.29 is 8.42 Å². The first kappa shape index (κ1) is 13.5. The van der Waals surface area contributed by atoms with Crippen molar-refractivity contribution in [3.8, 4) is 6.07 Å². The summed E-state index contributed by atoms with van der Waals surface area (Å²) in [4.78, 5) is 0. The summed E-state index contributed by atoms with van der Waals surface area (Å²) in [5.41, 5.74) is 1.62. The fourth-order valence-electron chi connectivity index (χ4n) is 1.26. The molecule has 0 spiro atoms. The number of benzene rings is 1. The summed E-state index contributed by atoms with van der Waals surface area (Å²) in [7, 11) is -3.61. The van der Waals surface area contributed by atoms with E-state index in [0.717, 1.165) is 5.56 Å². The second-order valence-electron chi connectivity index (χ2n) is 4.20. The maximum absolute atomic E-state index is 11.6. The number of nitrogens with one attached hydrogen (secondary N) is 1. The standard InChI is InChI=1S/C12H16N2O2S/c1-9(2)11-4-6-12(7-5-11)14-17(15,16)10(3)8-13/h4-7,9-10,14H,1-3H3. The molecule has 1 atom stereocenters. The fraction of sp³-hybridized carbons (Fsp3) is 0.417. The van der Waals surface area contributed by atoms with Crippen LogP contribution >= 0.6 is 0 Å². The Kier molecular flexibility index (Phi) is 4.13. The van der Waals surface area contributed by atoms with Gasteiger partial charge in [-0.05, 0) is 30.5 Å². The molecule has 0 amide bonds. The number of rotatable bonds is 4. The van der Waals surface area contributed by atoms with Crippen molar-refractivity contribution in [2.24, 2.45) is 0 Å². The highest BCUT2D eigenvalue weighted by atomic mass is 32.2. The van der Waals surface area contributed by atoms with Gasteiger partial charge in [0.15, 0.2) is 5.25 Å². The van der Waals surface area contributed by atoms with Gasteiger partial charge in [-0.2, -0.15) is 5.26 Å². The van der Waals surface area contributed by atoms with Gasteiger partial charge in [0.2, 0.25) is 10.0 Å². The first-order valence-electron chi connectivity index (χ1n) is 5.38.